The number of carbonyl (C=O) groups excluding carboxylic acids is 2. The Balaban J connectivity index is 1.77. The van der Waals surface area contributed by atoms with Gasteiger partial charge in [-0.2, -0.15) is 0 Å². The summed E-state index contributed by atoms with van der Waals surface area (Å²) in [5.41, 5.74) is 5.85. The smallest absolute Gasteiger partial charge is 0.269 e. The predicted octanol–water partition coefficient (Wildman–Crippen LogP) is 4.10. The molecule has 0 unspecified atom stereocenters. The first kappa shape index (κ1) is 25.1. The van der Waals surface area contributed by atoms with Crippen LogP contribution in [0.1, 0.15) is 54.8 Å². The van der Waals surface area contributed by atoms with E-state index in [0.29, 0.717) is 47.7 Å². The van der Waals surface area contributed by atoms with E-state index in [0.717, 1.165) is 6.42 Å². The van der Waals surface area contributed by atoms with Crippen molar-refractivity contribution in [2.45, 2.75) is 34.1 Å². The number of ether oxygens (including phenoxy) is 2. The molecular formula is C24H31N3O4S. The Hall–Kier alpha value is -3.13. The van der Waals surface area contributed by atoms with Gasteiger partial charge in [0, 0.05) is 11.1 Å². The maximum atomic E-state index is 12.3. The van der Waals surface area contributed by atoms with Crippen molar-refractivity contribution in [3.8, 4) is 11.5 Å². The molecule has 8 heteroatoms. The van der Waals surface area contributed by atoms with Crippen LogP contribution in [0.25, 0.3) is 0 Å². The maximum Gasteiger partial charge on any atom is 0.269 e. The first-order valence-electron chi connectivity index (χ1n) is 10.6. The Morgan fingerprint density at radius 3 is 1.84 bits per heavy atom. The Morgan fingerprint density at radius 1 is 0.781 bits per heavy atom. The molecule has 0 heterocycles. The van der Waals surface area contributed by atoms with Gasteiger partial charge in [-0.05, 0) is 79.0 Å². The van der Waals surface area contributed by atoms with E-state index in [-0.39, 0.29) is 11.0 Å². The van der Waals surface area contributed by atoms with Crippen LogP contribution in [-0.2, 0) is 0 Å². The van der Waals surface area contributed by atoms with E-state index in [1.807, 2.05) is 0 Å². The number of hydrogen-bond donors (Lipinski definition) is 3. The first-order chi connectivity index (χ1) is 15.2. The minimum absolute atomic E-state index is 0.0166. The van der Waals surface area contributed by atoms with Crippen molar-refractivity contribution in [2.75, 3.05) is 13.2 Å². The molecule has 0 radical (unpaired) electrons. The van der Waals surface area contributed by atoms with Gasteiger partial charge in [0.05, 0.1) is 13.2 Å². The van der Waals surface area contributed by atoms with E-state index in [2.05, 4.69) is 43.9 Å². The topological polar surface area (TPSA) is 88.7 Å². The zero-order chi connectivity index (χ0) is 23.5. The van der Waals surface area contributed by atoms with E-state index in [1.54, 1.807) is 48.5 Å². The molecule has 0 saturated carbocycles. The average Bonchev–Trinajstić information content (AvgIpc) is 2.76. The van der Waals surface area contributed by atoms with Crippen molar-refractivity contribution in [1.29, 1.82) is 0 Å². The third-order valence-corrected chi connectivity index (χ3v) is 4.50. The minimum Gasteiger partial charge on any atom is -0.494 e. The highest BCUT2D eigenvalue weighted by Gasteiger charge is 2.10. The lowest BCUT2D eigenvalue weighted by atomic mass is 10.1. The van der Waals surface area contributed by atoms with Crippen molar-refractivity contribution in [3.05, 3.63) is 59.7 Å². The van der Waals surface area contributed by atoms with Gasteiger partial charge in [0.25, 0.3) is 11.8 Å². The van der Waals surface area contributed by atoms with Crippen LogP contribution in [0.3, 0.4) is 0 Å². The van der Waals surface area contributed by atoms with Crippen LogP contribution in [0, 0.1) is 11.8 Å². The third-order valence-electron chi connectivity index (χ3n) is 4.30. The molecule has 32 heavy (non-hydrogen) atoms. The zero-order valence-corrected chi connectivity index (χ0v) is 19.8. The van der Waals surface area contributed by atoms with Gasteiger partial charge in [0.15, 0.2) is 5.11 Å². The Labute approximate surface area is 194 Å². The highest BCUT2D eigenvalue weighted by Crippen LogP contribution is 2.14. The van der Waals surface area contributed by atoms with Gasteiger partial charge < -0.3 is 9.47 Å². The van der Waals surface area contributed by atoms with Crippen LogP contribution in [0.4, 0.5) is 0 Å². The summed E-state index contributed by atoms with van der Waals surface area (Å²) in [6.07, 6.45) is 0.964. The van der Waals surface area contributed by atoms with E-state index in [4.69, 9.17) is 21.7 Å². The molecule has 0 aliphatic heterocycles. The normalized spacial score (nSPS) is 10.6. The highest BCUT2D eigenvalue weighted by molar-refractivity contribution is 7.80. The molecule has 2 rings (SSSR count). The standard InChI is InChI=1S/C24H31N3O4S/c1-16(2)13-14-30-20-9-7-19(8-10-20)23(29)26-27-24(32)25-22(28)18-5-11-21(12-6-18)31-15-17(3)4/h5-12,16-17H,13-15H2,1-4H3,(H,26,29)(H2,25,27,28,32). The molecule has 2 amide bonds. The molecule has 0 aromatic heterocycles. The largest absolute Gasteiger partial charge is 0.494 e. The van der Waals surface area contributed by atoms with E-state index < -0.39 is 5.91 Å². The van der Waals surface area contributed by atoms with Crippen molar-refractivity contribution in [3.63, 3.8) is 0 Å². The van der Waals surface area contributed by atoms with Crippen molar-refractivity contribution in [1.82, 2.24) is 16.2 Å². The number of carbonyl (C=O) groups is 2. The molecule has 2 aromatic carbocycles. The molecule has 0 fully saturated rings. The molecule has 2 aromatic rings. The second-order valence-corrected chi connectivity index (χ2v) is 8.56. The number of hydrazine groups is 1. The minimum atomic E-state index is -0.393. The monoisotopic (exact) mass is 457 g/mol. The lowest BCUT2D eigenvalue weighted by Crippen LogP contribution is -2.48. The number of benzene rings is 2. The quantitative estimate of drug-likeness (QED) is 0.388. The highest BCUT2D eigenvalue weighted by atomic mass is 32.1. The number of thiocarbonyl (C=S) groups is 1. The molecule has 0 spiro atoms. The lowest BCUT2D eigenvalue weighted by Gasteiger charge is -2.12. The summed E-state index contributed by atoms with van der Waals surface area (Å²) >= 11 is 5.08. The van der Waals surface area contributed by atoms with Gasteiger partial charge in [0.1, 0.15) is 11.5 Å². The molecule has 3 N–H and O–H groups in total. The molecule has 172 valence electrons. The van der Waals surface area contributed by atoms with Gasteiger partial charge in [-0.1, -0.05) is 27.7 Å². The van der Waals surface area contributed by atoms with E-state index in [1.165, 1.54) is 0 Å². The average molecular weight is 458 g/mol. The van der Waals surface area contributed by atoms with Crippen molar-refractivity contribution >= 4 is 29.1 Å². The van der Waals surface area contributed by atoms with Crippen molar-refractivity contribution < 1.29 is 19.1 Å². The summed E-state index contributed by atoms with van der Waals surface area (Å²) in [5, 5.41) is 2.50. The van der Waals surface area contributed by atoms with Crippen molar-refractivity contribution in [2.24, 2.45) is 11.8 Å². The van der Waals surface area contributed by atoms with Crippen LogP contribution < -0.4 is 25.6 Å². The number of amides is 2. The second kappa shape index (κ2) is 12.7. The van der Waals surface area contributed by atoms with E-state index >= 15 is 0 Å². The molecule has 0 atom stereocenters. The summed E-state index contributed by atoms with van der Waals surface area (Å²) in [4.78, 5) is 24.6. The lowest BCUT2D eigenvalue weighted by molar-refractivity contribution is 0.0934. The summed E-state index contributed by atoms with van der Waals surface area (Å²) in [5.74, 6) is 1.60. The van der Waals surface area contributed by atoms with Crippen LogP contribution >= 0.6 is 12.2 Å². The van der Waals surface area contributed by atoms with Crippen LogP contribution in [0.15, 0.2) is 48.5 Å². The van der Waals surface area contributed by atoms with Gasteiger partial charge >= 0.3 is 0 Å². The first-order valence-corrected chi connectivity index (χ1v) is 11.0. The van der Waals surface area contributed by atoms with Gasteiger partial charge in [-0.15, -0.1) is 0 Å². The molecule has 0 aliphatic carbocycles. The van der Waals surface area contributed by atoms with E-state index in [9.17, 15) is 9.59 Å². The zero-order valence-electron chi connectivity index (χ0n) is 18.9. The fourth-order valence-corrected chi connectivity index (χ4v) is 2.62. The van der Waals surface area contributed by atoms with Gasteiger partial charge in [0.2, 0.25) is 0 Å². The SMILES string of the molecule is CC(C)CCOc1ccc(C(=O)NNC(=S)NC(=O)c2ccc(OCC(C)C)cc2)cc1. The summed E-state index contributed by atoms with van der Waals surface area (Å²) in [6.45, 7) is 9.63. The molecule has 7 nitrogen and oxygen atoms in total. The van der Waals surface area contributed by atoms with Crippen LogP contribution in [-0.4, -0.2) is 30.1 Å². The van der Waals surface area contributed by atoms with Gasteiger partial charge in [-0.25, -0.2) is 0 Å². The second-order valence-electron chi connectivity index (χ2n) is 8.15. The maximum absolute atomic E-state index is 12.3. The number of nitrogens with one attached hydrogen (secondary N) is 3. The number of rotatable bonds is 9. The summed E-state index contributed by atoms with van der Waals surface area (Å²) in [7, 11) is 0. The Morgan fingerprint density at radius 2 is 1.31 bits per heavy atom. The molecule has 0 saturated heterocycles. The fraction of sp³-hybridized carbons (Fsp3) is 0.375. The fourth-order valence-electron chi connectivity index (χ4n) is 2.47. The summed E-state index contributed by atoms with van der Waals surface area (Å²) < 4.78 is 11.2. The number of hydrogen-bond acceptors (Lipinski definition) is 5. The summed E-state index contributed by atoms with van der Waals surface area (Å²) in [6, 6.07) is 13.6. The molecular weight excluding hydrogens is 426 g/mol. The van der Waals surface area contributed by atoms with Gasteiger partial charge in [-0.3, -0.25) is 25.8 Å². The Bertz CT molecular complexity index is 896. The van der Waals surface area contributed by atoms with Crippen LogP contribution in [0.5, 0.6) is 11.5 Å². The molecule has 0 aliphatic rings. The third kappa shape index (κ3) is 8.93. The Kier molecular flexibility index (Phi) is 9.94. The predicted molar refractivity (Wildman–Crippen MR) is 129 cm³/mol. The molecule has 0 bridgehead atoms. The van der Waals surface area contributed by atoms with Crippen LogP contribution in [0.2, 0.25) is 0 Å².